The van der Waals surface area contributed by atoms with E-state index in [1.54, 1.807) is 6.07 Å². The SMILES string of the molecule is NCCCNc1ccc(F)cn1. The predicted octanol–water partition coefficient (Wildman–Crippen LogP) is 0.981. The largest absolute Gasteiger partial charge is 0.370 e. The maximum Gasteiger partial charge on any atom is 0.141 e. The molecule has 1 rings (SSSR count). The molecule has 0 fully saturated rings. The molecular formula is C8H12FN3. The van der Waals surface area contributed by atoms with Crippen molar-refractivity contribution in [3.05, 3.63) is 24.1 Å². The highest BCUT2D eigenvalue weighted by atomic mass is 19.1. The van der Waals surface area contributed by atoms with Gasteiger partial charge in [-0.15, -0.1) is 0 Å². The van der Waals surface area contributed by atoms with Crippen molar-refractivity contribution in [2.24, 2.45) is 5.73 Å². The van der Waals surface area contributed by atoms with Gasteiger partial charge >= 0.3 is 0 Å². The van der Waals surface area contributed by atoms with Crippen molar-refractivity contribution in [2.75, 3.05) is 18.4 Å². The van der Waals surface area contributed by atoms with Crippen LogP contribution in [0.2, 0.25) is 0 Å². The van der Waals surface area contributed by atoms with Crippen LogP contribution in [-0.2, 0) is 0 Å². The Kier molecular flexibility index (Phi) is 3.47. The second-order valence-electron chi connectivity index (χ2n) is 2.43. The minimum absolute atomic E-state index is 0.320. The van der Waals surface area contributed by atoms with E-state index in [-0.39, 0.29) is 5.82 Å². The van der Waals surface area contributed by atoms with Crippen molar-refractivity contribution in [3.63, 3.8) is 0 Å². The standard InChI is InChI=1S/C8H12FN3/c9-7-2-3-8(12-6-7)11-5-1-4-10/h2-3,6H,1,4-5,10H2,(H,11,12). The fourth-order valence-electron chi connectivity index (χ4n) is 0.799. The molecule has 0 bridgehead atoms. The summed E-state index contributed by atoms with van der Waals surface area (Å²) >= 11 is 0. The molecule has 0 atom stereocenters. The third-order valence-electron chi connectivity index (χ3n) is 1.41. The molecule has 3 N–H and O–H groups in total. The van der Waals surface area contributed by atoms with Gasteiger partial charge in [0.1, 0.15) is 11.6 Å². The van der Waals surface area contributed by atoms with Crippen LogP contribution in [0.1, 0.15) is 6.42 Å². The minimum atomic E-state index is -0.320. The summed E-state index contributed by atoms with van der Waals surface area (Å²) in [6, 6.07) is 2.98. The van der Waals surface area contributed by atoms with Gasteiger partial charge in [0.2, 0.25) is 0 Å². The molecule has 4 heteroatoms. The third-order valence-corrected chi connectivity index (χ3v) is 1.41. The minimum Gasteiger partial charge on any atom is -0.370 e. The number of pyridine rings is 1. The number of aromatic nitrogens is 1. The summed E-state index contributed by atoms with van der Waals surface area (Å²) in [5.41, 5.74) is 5.30. The number of nitrogens with one attached hydrogen (secondary N) is 1. The lowest BCUT2D eigenvalue weighted by molar-refractivity contribution is 0.621. The Bertz CT molecular complexity index is 222. The highest BCUT2D eigenvalue weighted by molar-refractivity contribution is 5.33. The molecule has 0 aliphatic rings. The molecule has 0 aromatic carbocycles. The monoisotopic (exact) mass is 169 g/mol. The first-order valence-corrected chi connectivity index (χ1v) is 3.88. The Labute approximate surface area is 70.8 Å². The Morgan fingerprint density at radius 2 is 2.33 bits per heavy atom. The van der Waals surface area contributed by atoms with Gasteiger partial charge in [0.05, 0.1) is 6.20 Å². The number of anilines is 1. The molecule has 0 amide bonds. The fraction of sp³-hybridized carbons (Fsp3) is 0.375. The van der Waals surface area contributed by atoms with E-state index in [2.05, 4.69) is 10.3 Å². The molecule has 3 nitrogen and oxygen atoms in total. The van der Waals surface area contributed by atoms with Gasteiger partial charge in [0.25, 0.3) is 0 Å². The Balaban J connectivity index is 2.37. The second kappa shape index (κ2) is 4.66. The second-order valence-corrected chi connectivity index (χ2v) is 2.43. The Morgan fingerprint density at radius 3 is 2.92 bits per heavy atom. The highest BCUT2D eigenvalue weighted by Gasteiger charge is 1.92. The van der Waals surface area contributed by atoms with Crippen molar-refractivity contribution in [2.45, 2.75) is 6.42 Å². The average molecular weight is 169 g/mol. The van der Waals surface area contributed by atoms with Crippen LogP contribution in [0, 0.1) is 5.82 Å². The summed E-state index contributed by atoms with van der Waals surface area (Å²) in [5, 5.41) is 3.01. The molecule has 0 saturated heterocycles. The summed E-state index contributed by atoms with van der Waals surface area (Å²) in [6.07, 6.45) is 2.07. The number of halogens is 1. The maximum atomic E-state index is 12.4. The fourth-order valence-corrected chi connectivity index (χ4v) is 0.799. The summed E-state index contributed by atoms with van der Waals surface area (Å²) in [4.78, 5) is 3.82. The van der Waals surface area contributed by atoms with Crippen LogP contribution in [0.25, 0.3) is 0 Å². The van der Waals surface area contributed by atoms with Gasteiger partial charge in [0.15, 0.2) is 0 Å². The predicted molar refractivity (Wildman–Crippen MR) is 46.4 cm³/mol. The molecule has 1 aromatic rings. The van der Waals surface area contributed by atoms with E-state index in [4.69, 9.17) is 5.73 Å². The molecule has 0 aliphatic heterocycles. The molecule has 12 heavy (non-hydrogen) atoms. The van der Waals surface area contributed by atoms with Gasteiger partial charge in [0, 0.05) is 6.54 Å². The third kappa shape index (κ3) is 2.84. The van der Waals surface area contributed by atoms with Crippen LogP contribution in [0.15, 0.2) is 18.3 Å². The van der Waals surface area contributed by atoms with Crippen molar-refractivity contribution in [1.82, 2.24) is 4.98 Å². The first-order chi connectivity index (χ1) is 5.83. The molecule has 0 spiro atoms. The molecule has 0 radical (unpaired) electrons. The van der Waals surface area contributed by atoms with Gasteiger partial charge in [-0.25, -0.2) is 9.37 Å². The zero-order valence-corrected chi connectivity index (χ0v) is 6.76. The topological polar surface area (TPSA) is 50.9 Å². The van der Waals surface area contributed by atoms with E-state index in [1.165, 1.54) is 12.3 Å². The summed E-state index contributed by atoms with van der Waals surface area (Å²) in [5.74, 6) is 0.365. The molecule has 66 valence electrons. The van der Waals surface area contributed by atoms with Crippen LogP contribution < -0.4 is 11.1 Å². The van der Waals surface area contributed by atoms with Crippen LogP contribution >= 0.6 is 0 Å². The quantitative estimate of drug-likeness (QED) is 0.660. The molecule has 1 aromatic heterocycles. The Hall–Kier alpha value is -1.16. The van der Waals surface area contributed by atoms with Crippen LogP contribution in [0.3, 0.4) is 0 Å². The average Bonchev–Trinajstić information content (AvgIpc) is 2.09. The number of nitrogens with two attached hydrogens (primary N) is 1. The van der Waals surface area contributed by atoms with Gasteiger partial charge in [-0.1, -0.05) is 0 Å². The number of rotatable bonds is 4. The highest BCUT2D eigenvalue weighted by Crippen LogP contribution is 2.02. The smallest absolute Gasteiger partial charge is 0.141 e. The van der Waals surface area contributed by atoms with E-state index in [9.17, 15) is 4.39 Å². The van der Waals surface area contributed by atoms with E-state index in [1.807, 2.05) is 0 Å². The molecule has 1 heterocycles. The van der Waals surface area contributed by atoms with Gasteiger partial charge in [-0.3, -0.25) is 0 Å². The van der Waals surface area contributed by atoms with Crippen molar-refractivity contribution >= 4 is 5.82 Å². The maximum absolute atomic E-state index is 12.4. The summed E-state index contributed by atoms with van der Waals surface area (Å²) in [6.45, 7) is 1.42. The Morgan fingerprint density at radius 1 is 1.50 bits per heavy atom. The summed E-state index contributed by atoms with van der Waals surface area (Å²) < 4.78 is 12.4. The molecular weight excluding hydrogens is 157 g/mol. The normalized spacial score (nSPS) is 9.83. The van der Waals surface area contributed by atoms with E-state index in [0.29, 0.717) is 12.4 Å². The summed E-state index contributed by atoms with van der Waals surface area (Å²) in [7, 11) is 0. The number of hydrogen-bond acceptors (Lipinski definition) is 3. The lowest BCUT2D eigenvalue weighted by atomic mass is 10.4. The van der Waals surface area contributed by atoms with E-state index < -0.39 is 0 Å². The van der Waals surface area contributed by atoms with Gasteiger partial charge in [-0.05, 0) is 25.1 Å². The van der Waals surface area contributed by atoms with Crippen LogP contribution in [0.5, 0.6) is 0 Å². The van der Waals surface area contributed by atoms with E-state index >= 15 is 0 Å². The first kappa shape index (κ1) is 8.93. The van der Waals surface area contributed by atoms with Gasteiger partial charge in [-0.2, -0.15) is 0 Å². The zero-order valence-electron chi connectivity index (χ0n) is 6.76. The van der Waals surface area contributed by atoms with Crippen LogP contribution in [0.4, 0.5) is 10.2 Å². The number of hydrogen-bond donors (Lipinski definition) is 2. The van der Waals surface area contributed by atoms with Crippen LogP contribution in [-0.4, -0.2) is 18.1 Å². The molecule has 0 unspecified atom stereocenters. The first-order valence-electron chi connectivity index (χ1n) is 3.88. The van der Waals surface area contributed by atoms with Crippen molar-refractivity contribution in [3.8, 4) is 0 Å². The molecule has 0 aliphatic carbocycles. The lowest BCUT2D eigenvalue weighted by Gasteiger charge is -2.02. The molecule has 0 saturated carbocycles. The number of nitrogens with zero attached hydrogens (tertiary/aromatic N) is 1. The zero-order chi connectivity index (χ0) is 8.81. The van der Waals surface area contributed by atoms with Gasteiger partial charge < -0.3 is 11.1 Å². The van der Waals surface area contributed by atoms with Crippen molar-refractivity contribution in [1.29, 1.82) is 0 Å². The van der Waals surface area contributed by atoms with E-state index in [0.717, 1.165) is 13.0 Å². The lowest BCUT2D eigenvalue weighted by Crippen LogP contribution is -2.09. The van der Waals surface area contributed by atoms with Crippen molar-refractivity contribution < 1.29 is 4.39 Å².